The molecule has 1 aliphatic heterocycles. The number of rotatable bonds is 8. The quantitative estimate of drug-likeness (QED) is 0.376. The van der Waals surface area contributed by atoms with Crippen molar-refractivity contribution in [2.75, 3.05) is 20.3 Å². The number of esters is 1. The molecule has 0 saturated carbocycles. The first kappa shape index (κ1) is 22.8. The molecule has 2 atom stereocenters. The molecule has 33 heavy (non-hydrogen) atoms. The van der Waals surface area contributed by atoms with Crippen LogP contribution in [-0.2, 0) is 20.7 Å². The van der Waals surface area contributed by atoms with Crippen LogP contribution in [0.4, 0.5) is 0 Å². The third-order valence-corrected chi connectivity index (χ3v) is 6.33. The molecule has 1 fully saturated rings. The van der Waals surface area contributed by atoms with Gasteiger partial charge in [0, 0.05) is 18.9 Å². The van der Waals surface area contributed by atoms with Gasteiger partial charge in [-0.3, -0.25) is 9.78 Å². The Balaban J connectivity index is 1.36. The third kappa shape index (κ3) is 5.33. The van der Waals surface area contributed by atoms with Gasteiger partial charge in [0.1, 0.15) is 11.8 Å². The minimum atomic E-state index is -0.497. The van der Waals surface area contributed by atoms with Crippen molar-refractivity contribution < 1.29 is 19.1 Å². The Hall–Kier alpha value is -3.41. The second-order valence-electron chi connectivity index (χ2n) is 8.52. The van der Waals surface area contributed by atoms with Crippen molar-refractivity contribution in [2.45, 2.75) is 44.6 Å². The summed E-state index contributed by atoms with van der Waals surface area (Å²) in [5, 5.41) is 2.12. The number of fused-ring (bicyclic) bond motifs is 1. The van der Waals surface area contributed by atoms with E-state index < -0.39 is 6.04 Å². The average molecular weight is 447 g/mol. The molecule has 1 amide bonds. The number of aromatic nitrogens is 1. The molecule has 172 valence electrons. The fourth-order valence-electron chi connectivity index (χ4n) is 4.40. The zero-order chi connectivity index (χ0) is 23.2. The fraction of sp³-hybridized carbons (Fsp3) is 0.370. The maximum atomic E-state index is 13.3. The van der Waals surface area contributed by atoms with Crippen molar-refractivity contribution in [2.24, 2.45) is 0 Å². The summed E-state index contributed by atoms with van der Waals surface area (Å²) < 4.78 is 10.8. The Kier molecular flexibility index (Phi) is 7.23. The summed E-state index contributed by atoms with van der Waals surface area (Å²) in [4.78, 5) is 31.8. The number of pyridine rings is 1. The van der Waals surface area contributed by atoms with E-state index in [1.165, 1.54) is 0 Å². The van der Waals surface area contributed by atoms with Crippen LogP contribution >= 0.6 is 0 Å². The monoisotopic (exact) mass is 446 g/mol. The lowest BCUT2D eigenvalue weighted by molar-refractivity contribution is -0.153. The normalized spacial score (nSPS) is 16.5. The van der Waals surface area contributed by atoms with Crippen molar-refractivity contribution in [3.63, 3.8) is 0 Å². The Labute approximate surface area is 194 Å². The number of nitrogens with zero attached hydrogens (tertiary/aromatic N) is 2. The molecule has 0 N–H and O–H groups in total. The molecule has 0 spiro atoms. The van der Waals surface area contributed by atoms with E-state index in [4.69, 9.17) is 9.47 Å². The van der Waals surface area contributed by atoms with Crippen molar-refractivity contribution in [1.82, 2.24) is 9.88 Å². The van der Waals surface area contributed by atoms with Gasteiger partial charge in [-0.05, 0) is 72.7 Å². The van der Waals surface area contributed by atoms with Crippen LogP contribution in [0.15, 0.2) is 60.9 Å². The third-order valence-electron chi connectivity index (χ3n) is 6.33. The maximum Gasteiger partial charge on any atom is 0.328 e. The van der Waals surface area contributed by atoms with Crippen molar-refractivity contribution in [3.05, 3.63) is 72.1 Å². The zero-order valence-electron chi connectivity index (χ0n) is 19.2. The second-order valence-corrected chi connectivity index (χ2v) is 8.52. The van der Waals surface area contributed by atoms with Crippen LogP contribution in [-0.4, -0.2) is 48.1 Å². The number of ether oxygens (including phenoxy) is 2. The molecule has 0 bridgehead atoms. The lowest BCUT2D eigenvalue weighted by Crippen LogP contribution is -2.43. The van der Waals surface area contributed by atoms with Gasteiger partial charge in [-0.2, -0.15) is 0 Å². The van der Waals surface area contributed by atoms with E-state index in [-0.39, 0.29) is 17.8 Å². The molecule has 0 aliphatic carbocycles. The number of methoxy groups -OCH3 is 1. The van der Waals surface area contributed by atoms with Crippen LogP contribution < -0.4 is 4.74 Å². The summed E-state index contributed by atoms with van der Waals surface area (Å²) in [6.07, 6.45) is 6.56. The fourth-order valence-corrected chi connectivity index (χ4v) is 4.40. The zero-order valence-corrected chi connectivity index (χ0v) is 19.2. The minimum absolute atomic E-state index is 0.0299. The van der Waals surface area contributed by atoms with E-state index in [9.17, 15) is 9.59 Å². The highest BCUT2D eigenvalue weighted by Gasteiger charge is 2.37. The number of hydrogen-bond acceptors (Lipinski definition) is 5. The summed E-state index contributed by atoms with van der Waals surface area (Å²) in [5.41, 5.74) is 2.06. The standard InChI is InChI=1S/C27H30N2O4/c1-19(21-9-10-23-17-24(32-2)12-11-22(23)16-21)26(30)29-14-4-8-25(29)27(31)33-15-5-7-20-6-3-13-28-18-20/h3,6,9-13,16-19,25H,4-5,7-8,14-15H2,1-2H3. The van der Waals surface area contributed by atoms with Crippen molar-refractivity contribution >= 4 is 22.6 Å². The molecule has 2 unspecified atom stereocenters. The first-order valence-corrected chi connectivity index (χ1v) is 11.5. The summed E-state index contributed by atoms with van der Waals surface area (Å²) >= 11 is 0. The Morgan fingerprint density at radius 1 is 1.15 bits per heavy atom. The summed E-state index contributed by atoms with van der Waals surface area (Å²) in [6.45, 7) is 2.83. The van der Waals surface area contributed by atoms with Gasteiger partial charge in [-0.15, -0.1) is 0 Å². The van der Waals surface area contributed by atoms with Crippen LogP contribution in [0, 0.1) is 0 Å². The van der Waals surface area contributed by atoms with Gasteiger partial charge in [0.2, 0.25) is 5.91 Å². The molecular weight excluding hydrogens is 416 g/mol. The van der Waals surface area contributed by atoms with Crippen LogP contribution in [0.25, 0.3) is 10.8 Å². The maximum absolute atomic E-state index is 13.3. The molecule has 1 aliphatic rings. The van der Waals surface area contributed by atoms with E-state index in [1.54, 1.807) is 18.2 Å². The van der Waals surface area contributed by atoms with E-state index in [0.29, 0.717) is 19.6 Å². The molecule has 2 heterocycles. The summed E-state index contributed by atoms with van der Waals surface area (Å²) in [5.74, 6) is 0.135. The number of carbonyl (C=O) groups excluding carboxylic acids is 2. The molecule has 0 radical (unpaired) electrons. The van der Waals surface area contributed by atoms with E-state index in [0.717, 1.165) is 46.9 Å². The Morgan fingerprint density at radius 2 is 1.97 bits per heavy atom. The van der Waals surface area contributed by atoms with E-state index in [1.807, 2.05) is 61.7 Å². The number of aryl methyl sites for hydroxylation is 1. The molecule has 1 aromatic heterocycles. The van der Waals surface area contributed by atoms with Crippen molar-refractivity contribution in [1.29, 1.82) is 0 Å². The number of hydrogen-bond donors (Lipinski definition) is 0. The number of likely N-dealkylation sites (tertiary alicyclic amines) is 1. The van der Waals surface area contributed by atoms with Gasteiger partial charge >= 0.3 is 5.97 Å². The highest BCUT2D eigenvalue weighted by atomic mass is 16.5. The molecule has 3 aromatic rings. The van der Waals surface area contributed by atoms with Gasteiger partial charge < -0.3 is 14.4 Å². The van der Waals surface area contributed by atoms with Crippen LogP contribution in [0.3, 0.4) is 0 Å². The first-order valence-electron chi connectivity index (χ1n) is 11.5. The lowest BCUT2D eigenvalue weighted by atomic mass is 9.96. The van der Waals surface area contributed by atoms with Gasteiger partial charge in [-0.1, -0.05) is 30.3 Å². The van der Waals surface area contributed by atoms with E-state index >= 15 is 0 Å². The molecule has 2 aromatic carbocycles. The molecule has 4 rings (SSSR count). The van der Waals surface area contributed by atoms with Gasteiger partial charge in [0.25, 0.3) is 0 Å². The minimum Gasteiger partial charge on any atom is -0.497 e. The van der Waals surface area contributed by atoms with Crippen LogP contribution in [0.1, 0.15) is 43.2 Å². The molecule has 6 heteroatoms. The number of amides is 1. The van der Waals surface area contributed by atoms with Gasteiger partial charge in [0.05, 0.1) is 19.6 Å². The Bertz CT molecular complexity index is 1120. The molecule has 6 nitrogen and oxygen atoms in total. The SMILES string of the molecule is COc1ccc2cc(C(C)C(=O)N3CCCC3C(=O)OCCCc3cccnc3)ccc2c1. The van der Waals surface area contributed by atoms with Gasteiger partial charge in [-0.25, -0.2) is 4.79 Å². The predicted molar refractivity (Wildman–Crippen MR) is 127 cm³/mol. The summed E-state index contributed by atoms with van der Waals surface area (Å²) in [6, 6.07) is 15.3. The van der Waals surface area contributed by atoms with E-state index in [2.05, 4.69) is 4.98 Å². The summed E-state index contributed by atoms with van der Waals surface area (Å²) in [7, 11) is 1.65. The molecular formula is C27H30N2O4. The highest BCUT2D eigenvalue weighted by molar-refractivity contribution is 5.91. The number of benzene rings is 2. The second kappa shape index (κ2) is 10.5. The van der Waals surface area contributed by atoms with Crippen LogP contribution in [0.5, 0.6) is 5.75 Å². The lowest BCUT2D eigenvalue weighted by Gasteiger charge is -2.26. The topological polar surface area (TPSA) is 68.7 Å². The largest absolute Gasteiger partial charge is 0.497 e. The predicted octanol–water partition coefficient (Wildman–Crippen LogP) is 4.51. The molecule has 1 saturated heterocycles. The first-order chi connectivity index (χ1) is 16.1. The number of carbonyl (C=O) groups is 2. The van der Waals surface area contributed by atoms with Crippen molar-refractivity contribution in [3.8, 4) is 5.75 Å². The highest BCUT2D eigenvalue weighted by Crippen LogP contribution is 2.29. The average Bonchev–Trinajstić information content (AvgIpc) is 3.35. The van der Waals surface area contributed by atoms with Crippen LogP contribution in [0.2, 0.25) is 0 Å². The van der Waals surface area contributed by atoms with Gasteiger partial charge in [0.15, 0.2) is 0 Å². The smallest absolute Gasteiger partial charge is 0.328 e. The Morgan fingerprint density at radius 3 is 2.76 bits per heavy atom.